The van der Waals surface area contributed by atoms with E-state index in [-0.39, 0.29) is 61.1 Å². The summed E-state index contributed by atoms with van der Waals surface area (Å²) in [7, 11) is 0. The predicted octanol–water partition coefficient (Wildman–Crippen LogP) is 4.60. The van der Waals surface area contributed by atoms with Crippen molar-refractivity contribution in [3.63, 3.8) is 0 Å². The maximum Gasteiger partial charge on any atom is 0.239 e. The molecule has 0 aliphatic rings. The molecular formula is C19H36N2O2Y-2. The molecule has 0 fully saturated rings. The number of carbonyl (C=O) groups is 2. The molecule has 0 aromatic carbocycles. The van der Waals surface area contributed by atoms with Gasteiger partial charge in [-0.3, -0.25) is 4.79 Å². The summed E-state index contributed by atoms with van der Waals surface area (Å²) >= 11 is 0. The fraction of sp³-hybridized carbons (Fsp3) is 0.737. The van der Waals surface area contributed by atoms with Crippen molar-refractivity contribution in [3.05, 3.63) is 13.8 Å². The second-order valence-corrected chi connectivity index (χ2v) is 8.03. The fourth-order valence-corrected chi connectivity index (χ4v) is 1.96. The smallest absolute Gasteiger partial charge is 0.239 e. The molecule has 24 heavy (non-hydrogen) atoms. The summed E-state index contributed by atoms with van der Waals surface area (Å²) in [6, 6.07) is 0. The summed E-state index contributed by atoms with van der Waals surface area (Å²) in [5.41, 5.74) is 2.27. The van der Waals surface area contributed by atoms with Gasteiger partial charge in [0.15, 0.2) is 0 Å². The molecule has 0 aliphatic heterocycles. The predicted molar refractivity (Wildman–Crippen MR) is 98.9 cm³/mol. The van der Waals surface area contributed by atoms with Gasteiger partial charge in [-0.25, -0.2) is 10.5 Å². The van der Waals surface area contributed by atoms with Crippen LogP contribution in [0.15, 0.2) is 5.10 Å². The van der Waals surface area contributed by atoms with Gasteiger partial charge >= 0.3 is 0 Å². The molecule has 1 amide bonds. The van der Waals surface area contributed by atoms with Crippen molar-refractivity contribution in [3.8, 4) is 0 Å². The monoisotopic (exact) mass is 413 g/mol. The van der Waals surface area contributed by atoms with Crippen LogP contribution < -0.4 is 5.43 Å². The van der Waals surface area contributed by atoms with Crippen molar-refractivity contribution in [2.75, 3.05) is 0 Å². The Morgan fingerprint density at radius 1 is 1.17 bits per heavy atom. The van der Waals surface area contributed by atoms with E-state index < -0.39 is 0 Å². The Kier molecular flexibility index (Phi) is 16.7. The normalized spacial score (nSPS) is 12.7. The van der Waals surface area contributed by atoms with Crippen LogP contribution in [0.5, 0.6) is 0 Å². The molecule has 0 rings (SSSR count). The topological polar surface area (TPSA) is 58.5 Å². The zero-order chi connectivity index (χ0) is 18.7. The number of ketones is 1. The molecule has 0 heterocycles. The molecule has 1 N–H and O–H groups in total. The van der Waals surface area contributed by atoms with E-state index in [2.05, 4.69) is 45.1 Å². The summed E-state index contributed by atoms with van der Waals surface area (Å²) in [4.78, 5) is 22.5. The van der Waals surface area contributed by atoms with Crippen molar-refractivity contribution >= 4 is 17.9 Å². The van der Waals surface area contributed by atoms with Gasteiger partial charge in [0, 0.05) is 44.5 Å². The molecule has 0 aliphatic carbocycles. The Balaban J connectivity index is -0.000000364. The van der Waals surface area contributed by atoms with Gasteiger partial charge in [0.1, 0.15) is 5.78 Å². The first-order valence-electron chi connectivity index (χ1n) is 8.32. The standard InChI is InChI=1S/C12H23O.C7H13N2O.Y/c1-9(8-11(2,3)4)10(13)12(5,6)7;1-3-5-6-7(10)9-8-4-2;/h9H,1,8H2,2-7H3;4H,2-3,5-6H2,1H3,(H,9,10);/q2*-1;/b;8-4-;. The van der Waals surface area contributed by atoms with Crippen LogP contribution >= 0.6 is 0 Å². The summed E-state index contributed by atoms with van der Waals surface area (Å²) in [6.45, 7) is 21.6. The molecule has 0 aromatic rings. The van der Waals surface area contributed by atoms with Crippen molar-refractivity contribution in [1.29, 1.82) is 0 Å². The van der Waals surface area contributed by atoms with Crippen LogP contribution in [0.3, 0.4) is 0 Å². The Labute approximate surface area is 174 Å². The molecule has 139 valence electrons. The van der Waals surface area contributed by atoms with E-state index >= 15 is 0 Å². The third kappa shape index (κ3) is 18.1. The minimum Gasteiger partial charge on any atom is -0.362 e. The van der Waals surface area contributed by atoms with Crippen molar-refractivity contribution < 1.29 is 42.3 Å². The number of hydrogen-bond acceptors (Lipinski definition) is 3. The molecule has 1 atom stereocenters. The van der Waals surface area contributed by atoms with Gasteiger partial charge in [0.05, 0.1) is 0 Å². The van der Waals surface area contributed by atoms with Gasteiger partial charge in [-0.05, 0) is 11.8 Å². The molecule has 0 bridgehead atoms. The molecule has 1 radical (unpaired) electrons. The molecule has 0 saturated heterocycles. The number of carbonyl (C=O) groups excluding carboxylic acids is 2. The number of amides is 1. The van der Waals surface area contributed by atoms with Gasteiger partial charge in [-0.15, -0.1) is 12.1 Å². The average Bonchev–Trinajstić information content (AvgIpc) is 2.39. The van der Waals surface area contributed by atoms with Gasteiger partial charge in [-0.1, -0.05) is 61.3 Å². The second-order valence-electron chi connectivity index (χ2n) is 8.03. The molecular weight excluding hydrogens is 377 g/mol. The number of nitrogens with one attached hydrogen (secondary N) is 1. The second kappa shape index (κ2) is 14.0. The minimum absolute atomic E-state index is 0. The summed E-state index contributed by atoms with van der Waals surface area (Å²) < 4.78 is 0. The Morgan fingerprint density at radius 2 is 1.67 bits per heavy atom. The first-order valence-corrected chi connectivity index (χ1v) is 8.32. The maximum absolute atomic E-state index is 11.8. The summed E-state index contributed by atoms with van der Waals surface area (Å²) in [5.74, 6) is 0.157. The maximum atomic E-state index is 11.8. The summed E-state index contributed by atoms with van der Waals surface area (Å²) in [6.07, 6.45) is 4.67. The van der Waals surface area contributed by atoms with Crippen molar-refractivity contribution in [2.45, 2.75) is 74.1 Å². The zero-order valence-electron chi connectivity index (χ0n) is 16.7. The van der Waals surface area contributed by atoms with Crippen LogP contribution in [-0.4, -0.2) is 17.9 Å². The van der Waals surface area contributed by atoms with Crippen molar-refractivity contribution in [2.24, 2.45) is 21.8 Å². The fourth-order valence-electron chi connectivity index (χ4n) is 1.96. The number of unbranched alkanes of at least 4 members (excludes halogenated alkanes) is 1. The van der Waals surface area contributed by atoms with E-state index in [1.807, 2.05) is 27.7 Å². The van der Waals surface area contributed by atoms with Crippen LogP contribution in [0.1, 0.15) is 74.1 Å². The molecule has 0 saturated carbocycles. The Hall–Kier alpha value is -0.216. The van der Waals surface area contributed by atoms with Crippen LogP contribution in [-0.2, 0) is 42.3 Å². The van der Waals surface area contributed by atoms with E-state index in [0.717, 1.165) is 19.3 Å². The third-order valence-corrected chi connectivity index (χ3v) is 3.01. The van der Waals surface area contributed by atoms with Crippen LogP contribution in [0.25, 0.3) is 0 Å². The molecule has 4 nitrogen and oxygen atoms in total. The van der Waals surface area contributed by atoms with Crippen LogP contribution in [0.4, 0.5) is 0 Å². The molecule has 0 aromatic heterocycles. The molecule has 0 spiro atoms. The SMILES string of the molecule is [CH2-]/C=N\NC(=O)CCCC.[CH2-]C(CC(C)(C)C)C(=O)C(C)(C)C.[Y]. The number of Topliss-reactive ketones (excluding diaryl/α,β-unsaturated/α-hetero) is 1. The molecule has 5 heteroatoms. The molecule has 1 unspecified atom stereocenters. The van der Waals surface area contributed by atoms with E-state index in [1.54, 1.807) is 0 Å². The first kappa shape index (κ1) is 28.6. The van der Waals surface area contributed by atoms with Gasteiger partial charge in [-0.2, -0.15) is 0 Å². The van der Waals surface area contributed by atoms with E-state index in [9.17, 15) is 9.59 Å². The van der Waals surface area contributed by atoms with Crippen LogP contribution in [0.2, 0.25) is 0 Å². The zero-order valence-corrected chi connectivity index (χ0v) is 19.6. The minimum atomic E-state index is -0.252. The van der Waals surface area contributed by atoms with E-state index in [1.165, 1.54) is 6.21 Å². The van der Waals surface area contributed by atoms with Gasteiger partial charge < -0.3 is 18.6 Å². The number of hydrazone groups is 1. The number of rotatable bonds is 6. The third-order valence-electron chi connectivity index (χ3n) is 3.01. The van der Waals surface area contributed by atoms with E-state index in [4.69, 9.17) is 0 Å². The largest absolute Gasteiger partial charge is 0.362 e. The Morgan fingerprint density at radius 3 is 2.00 bits per heavy atom. The Bertz CT molecular complexity index is 380. The number of hydrogen-bond donors (Lipinski definition) is 1. The van der Waals surface area contributed by atoms with Gasteiger partial charge in [0.25, 0.3) is 0 Å². The average molecular weight is 413 g/mol. The van der Waals surface area contributed by atoms with Crippen LogP contribution in [0, 0.1) is 30.6 Å². The summed E-state index contributed by atoms with van der Waals surface area (Å²) in [5, 5.41) is 3.49. The quantitative estimate of drug-likeness (QED) is 0.393. The number of nitrogens with zero attached hydrogens (tertiary/aromatic N) is 1. The van der Waals surface area contributed by atoms with Gasteiger partial charge in [0.2, 0.25) is 5.91 Å². The van der Waals surface area contributed by atoms with E-state index in [0.29, 0.717) is 6.42 Å². The first-order chi connectivity index (χ1) is 10.3. The van der Waals surface area contributed by atoms with Crippen molar-refractivity contribution in [1.82, 2.24) is 5.43 Å².